The normalized spacial score (nSPS) is 16.2. The highest BCUT2D eigenvalue weighted by atomic mass is 79.9. The van der Waals surface area contributed by atoms with E-state index in [0.717, 1.165) is 35.8 Å². The summed E-state index contributed by atoms with van der Waals surface area (Å²) in [7, 11) is 2.99. The molecule has 4 heterocycles. The van der Waals surface area contributed by atoms with Crippen LogP contribution < -0.4 is 15.1 Å². The number of morpholine rings is 1. The largest absolute Gasteiger partial charge is 0.455 e. The number of rotatable bonds is 7. The van der Waals surface area contributed by atoms with Crippen molar-refractivity contribution in [3.63, 3.8) is 0 Å². The Morgan fingerprint density at radius 3 is 2.29 bits per heavy atom. The first-order valence-corrected chi connectivity index (χ1v) is 15.7. The van der Waals surface area contributed by atoms with Crippen LogP contribution in [0.5, 0.6) is 0 Å². The number of hydrogen-bond donors (Lipinski definition) is 1. The number of anilines is 2. The van der Waals surface area contributed by atoms with Crippen molar-refractivity contribution in [1.29, 1.82) is 0 Å². The zero-order valence-corrected chi connectivity index (χ0v) is 28.2. The van der Waals surface area contributed by atoms with E-state index in [1.165, 1.54) is 25.1 Å². The van der Waals surface area contributed by atoms with Crippen molar-refractivity contribution < 1.29 is 44.9 Å². The number of halogens is 7. The van der Waals surface area contributed by atoms with E-state index in [2.05, 4.69) is 60.9 Å². The molecule has 1 N–H and O–H groups in total. The smallest absolute Gasteiger partial charge is 0.378 e. The molecule has 1 unspecified atom stereocenters. The zero-order valence-electron chi connectivity index (χ0n) is 26.6. The van der Waals surface area contributed by atoms with Crippen molar-refractivity contribution in [2.45, 2.75) is 57.6 Å². The van der Waals surface area contributed by atoms with Gasteiger partial charge in [0.2, 0.25) is 23.6 Å². The molecule has 20 heteroatoms. The van der Waals surface area contributed by atoms with Gasteiger partial charge in [0, 0.05) is 50.2 Å². The molecule has 2 aliphatic rings. The standard InChI is InChI=1S/C14H12F6N4O2.C13H14BrN5O2.C2H6/c1-24(2)9-4-7(3-8(5-9)13(15,16)17)11(25)21-6-10-22-12(23-26-10)14(18,19)20;14-9-5-15-13(16-6-9)19-3-4-20-10(7-19)11-17-12(21-18-11)8-1-2-8;1-2/h3-5H,6H2,1-2H3,(H,21,25);5-6,8,10H,1-4,7H2;1-2H3. The minimum atomic E-state index is -4.81. The topological polar surface area (TPSA) is 148 Å². The van der Waals surface area contributed by atoms with Crippen molar-refractivity contribution in [1.82, 2.24) is 35.6 Å². The van der Waals surface area contributed by atoms with Crippen LogP contribution in [0.15, 0.2) is 44.1 Å². The molecule has 266 valence electrons. The first-order chi connectivity index (χ1) is 23.2. The highest BCUT2D eigenvalue weighted by Crippen LogP contribution is 2.39. The summed E-state index contributed by atoms with van der Waals surface area (Å²) in [6.45, 7) is 5.41. The summed E-state index contributed by atoms with van der Waals surface area (Å²) in [5.74, 6) is -0.477. The second kappa shape index (κ2) is 15.9. The van der Waals surface area contributed by atoms with Gasteiger partial charge in [-0.05, 0) is 47.0 Å². The third-order valence-corrected chi connectivity index (χ3v) is 7.18. The van der Waals surface area contributed by atoms with E-state index in [1.807, 2.05) is 13.8 Å². The number of carbonyl (C=O) groups is 1. The zero-order chi connectivity index (χ0) is 35.9. The van der Waals surface area contributed by atoms with Crippen molar-refractivity contribution in [2.24, 2.45) is 0 Å². The Kier molecular flexibility index (Phi) is 12.2. The number of nitrogens with zero attached hydrogens (tertiary/aromatic N) is 8. The van der Waals surface area contributed by atoms with Gasteiger partial charge in [0.25, 0.3) is 11.7 Å². The first-order valence-electron chi connectivity index (χ1n) is 14.9. The number of ether oxygens (including phenoxy) is 1. The maximum absolute atomic E-state index is 12.9. The lowest BCUT2D eigenvalue weighted by atomic mass is 10.1. The fourth-order valence-corrected chi connectivity index (χ4v) is 4.40. The van der Waals surface area contributed by atoms with E-state index >= 15 is 0 Å². The lowest BCUT2D eigenvalue weighted by Gasteiger charge is -2.31. The predicted molar refractivity (Wildman–Crippen MR) is 165 cm³/mol. The maximum Gasteiger partial charge on any atom is 0.455 e. The van der Waals surface area contributed by atoms with Crippen molar-refractivity contribution in [3.8, 4) is 0 Å². The van der Waals surface area contributed by atoms with Gasteiger partial charge in [0.1, 0.15) is 6.10 Å². The van der Waals surface area contributed by atoms with Crippen LogP contribution in [-0.4, -0.2) is 69.9 Å². The summed E-state index contributed by atoms with van der Waals surface area (Å²) in [5.41, 5.74) is -1.23. The van der Waals surface area contributed by atoms with Gasteiger partial charge in [0.15, 0.2) is 0 Å². The molecule has 6 rings (SSSR count). The first kappa shape index (κ1) is 37.5. The number of amides is 1. The van der Waals surface area contributed by atoms with Gasteiger partial charge in [0.05, 0.1) is 29.7 Å². The second-order valence-corrected chi connectivity index (χ2v) is 11.5. The van der Waals surface area contributed by atoms with Crippen molar-refractivity contribution in [2.75, 3.05) is 43.6 Å². The SMILES string of the molecule is Brc1cnc(N2CCOC(c3noc(C4CC4)n3)C2)nc1.CC.CN(C)c1cc(C(=O)NCc2nc(C(F)(F)F)no2)cc(C(F)(F)F)c1. The molecule has 1 saturated carbocycles. The molecule has 0 radical (unpaired) electrons. The number of alkyl halides is 6. The monoisotopic (exact) mass is 763 g/mol. The van der Waals surface area contributed by atoms with E-state index in [-0.39, 0.29) is 17.4 Å². The van der Waals surface area contributed by atoms with Crippen LogP contribution in [0, 0.1) is 0 Å². The van der Waals surface area contributed by atoms with Gasteiger partial charge in [-0.2, -0.15) is 36.3 Å². The van der Waals surface area contributed by atoms with Crippen LogP contribution in [0.4, 0.5) is 38.0 Å². The highest BCUT2D eigenvalue weighted by molar-refractivity contribution is 9.10. The minimum absolute atomic E-state index is 0.127. The molecule has 49 heavy (non-hydrogen) atoms. The van der Waals surface area contributed by atoms with E-state index in [0.29, 0.717) is 36.9 Å². The molecule has 2 fully saturated rings. The van der Waals surface area contributed by atoms with Crippen LogP contribution in [-0.2, 0) is 23.6 Å². The predicted octanol–water partition coefficient (Wildman–Crippen LogP) is 6.21. The average molecular weight is 765 g/mol. The van der Waals surface area contributed by atoms with Crippen LogP contribution in [0.25, 0.3) is 0 Å². The Bertz CT molecular complexity index is 1680. The summed E-state index contributed by atoms with van der Waals surface area (Å²) in [4.78, 5) is 31.7. The number of aromatic nitrogens is 6. The van der Waals surface area contributed by atoms with Gasteiger partial charge in [-0.1, -0.05) is 24.2 Å². The third kappa shape index (κ3) is 10.3. The lowest BCUT2D eigenvalue weighted by molar-refractivity contribution is -0.146. The molecule has 4 aromatic rings. The molecule has 1 aromatic carbocycles. The van der Waals surface area contributed by atoms with Gasteiger partial charge in [-0.15, -0.1) is 0 Å². The molecule has 1 aliphatic carbocycles. The summed E-state index contributed by atoms with van der Waals surface area (Å²) in [6.07, 6.45) is -3.90. The fourth-order valence-electron chi connectivity index (χ4n) is 4.19. The Balaban J connectivity index is 0.000000213. The minimum Gasteiger partial charge on any atom is -0.378 e. The molecule has 1 saturated heterocycles. The lowest BCUT2D eigenvalue weighted by Crippen LogP contribution is -2.39. The van der Waals surface area contributed by atoms with Crippen molar-refractivity contribution >= 4 is 33.5 Å². The molecular formula is C29H32BrF6N9O4. The quantitative estimate of drug-likeness (QED) is 0.214. The number of carbonyl (C=O) groups excluding carboxylic acids is 1. The molecule has 1 amide bonds. The van der Waals surface area contributed by atoms with Gasteiger partial charge in [-0.25, -0.2) is 9.97 Å². The summed E-state index contributed by atoms with van der Waals surface area (Å²) in [5, 5.41) is 8.90. The Labute approximate surface area is 284 Å². The maximum atomic E-state index is 12.9. The van der Waals surface area contributed by atoms with E-state index < -0.39 is 42.1 Å². The van der Waals surface area contributed by atoms with Gasteiger partial charge < -0.3 is 28.9 Å². The number of hydrogen-bond acceptors (Lipinski definition) is 12. The van der Waals surface area contributed by atoms with Crippen molar-refractivity contribution in [3.05, 3.63) is 69.6 Å². The molecule has 1 atom stereocenters. The Hall–Kier alpha value is -4.33. The Morgan fingerprint density at radius 2 is 1.69 bits per heavy atom. The molecule has 3 aromatic heterocycles. The van der Waals surface area contributed by atoms with E-state index in [1.54, 1.807) is 12.4 Å². The summed E-state index contributed by atoms with van der Waals surface area (Å²) < 4.78 is 92.2. The van der Waals surface area contributed by atoms with E-state index in [9.17, 15) is 31.1 Å². The Morgan fingerprint density at radius 1 is 1.00 bits per heavy atom. The highest BCUT2D eigenvalue weighted by Gasteiger charge is 2.37. The average Bonchev–Trinajstić information content (AvgIpc) is 3.58. The molecule has 0 spiro atoms. The van der Waals surface area contributed by atoms with Crippen LogP contribution in [0.2, 0.25) is 0 Å². The third-order valence-electron chi connectivity index (χ3n) is 6.77. The second-order valence-electron chi connectivity index (χ2n) is 10.6. The van der Waals surface area contributed by atoms with Gasteiger partial charge >= 0.3 is 12.4 Å². The number of nitrogens with one attached hydrogen (secondary N) is 1. The van der Waals surface area contributed by atoms with Gasteiger partial charge in [-0.3, -0.25) is 4.79 Å². The van der Waals surface area contributed by atoms with E-state index in [4.69, 9.17) is 9.26 Å². The summed E-state index contributed by atoms with van der Waals surface area (Å²) in [6, 6.07) is 2.71. The van der Waals surface area contributed by atoms with Crippen LogP contribution in [0.3, 0.4) is 0 Å². The summed E-state index contributed by atoms with van der Waals surface area (Å²) >= 11 is 3.34. The number of benzene rings is 1. The van der Waals surface area contributed by atoms with Crippen LogP contribution >= 0.6 is 15.9 Å². The molecular weight excluding hydrogens is 732 g/mol. The van der Waals surface area contributed by atoms with Crippen LogP contribution in [0.1, 0.15) is 78.1 Å². The molecule has 0 bridgehead atoms. The fraction of sp³-hybridized carbons (Fsp3) is 0.483. The molecule has 13 nitrogen and oxygen atoms in total. The molecule has 1 aliphatic heterocycles.